The third-order valence-corrected chi connectivity index (χ3v) is 6.41. The predicted molar refractivity (Wildman–Crippen MR) is 124 cm³/mol. The fourth-order valence-electron chi connectivity index (χ4n) is 3.86. The monoisotopic (exact) mass is 457 g/mol. The minimum atomic E-state index is -0.181. The fourth-order valence-corrected chi connectivity index (χ4v) is 4.94. The lowest BCUT2D eigenvalue weighted by molar-refractivity contribution is -0.140. The number of para-hydroxylation sites is 1. The largest absolute Gasteiger partial charge is 0.372 e. The highest BCUT2D eigenvalue weighted by Crippen LogP contribution is 2.25. The topological polar surface area (TPSA) is 64.4 Å². The van der Waals surface area contributed by atoms with Crippen LogP contribution in [0.1, 0.15) is 19.4 Å². The summed E-state index contributed by atoms with van der Waals surface area (Å²) < 4.78 is 7.31. The van der Waals surface area contributed by atoms with E-state index in [1.54, 1.807) is 22.8 Å². The molecule has 31 heavy (non-hydrogen) atoms. The average Bonchev–Trinajstić information content (AvgIpc) is 2.72. The van der Waals surface area contributed by atoms with E-state index in [0.717, 1.165) is 11.3 Å². The van der Waals surface area contributed by atoms with Gasteiger partial charge in [0.15, 0.2) is 5.16 Å². The van der Waals surface area contributed by atoms with Crippen molar-refractivity contribution < 1.29 is 9.53 Å². The zero-order valence-corrected chi connectivity index (χ0v) is 19.2. The summed E-state index contributed by atoms with van der Waals surface area (Å²) in [5, 5.41) is 1.47. The van der Waals surface area contributed by atoms with E-state index in [1.807, 2.05) is 49.9 Å². The van der Waals surface area contributed by atoms with Gasteiger partial charge in [0.25, 0.3) is 5.56 Å². The first kappa shape index (κ1) is 21.9. The Morgan fingerprint density at radius 1 is 1.19 bits per heavy atom. The van der Waals surface area contributed by atoms with Crippen molar-refractivity contribution in [3.8, 4) is 5.69 Å². The molecule has 162 valence electrons. The zero-order chi connectivity index (χ0) is 22.1. The SMILES string of the molecule is Cc1ccccc1-n1c(SCC(=O)N2CC(C)OC(C)C2)nc2cc(Cl)ccc2c1=O. The number of rotatable bonds is 4. The Bertz CT molecular complexity index is 1190. The van der Waals surface area contributed by atoms with Crippen LogP contribution in [0.4, 0.5) is 0 Å². The predicted octanol–water partition coefficient (Wildman–Crippen LogP) is 4.08. The Kier molecular flexibility index (Phi) is 6.36. The van der Waals surface area contributed by atoms with Crippen LogP contribution in [0.3, 0.4) is 0 Å². The second-order valence-electron chi connectivity index (χ2n) is 7.83. The number of nitrogens with zero attached hydrogens (tertiary/aromatic N) is 3. The van der Waals surface area contributed by atoms with Crippen molar-refractivity contribution in [2.45, 2.75) is 38.1 Å². The highest BCUT2D eigenvalue weighted by Gasteiger charge is 2.26. The summed E-state index contributed by atoms with van der Waals surface area (Å²) in [4.78, 5) is 32.8. The van der Waals surface area contributed by atoms with E-state index in [0.29, 0.717) is 34.2 Å². The van der Waals surface area contributed by atoms with Gasteiger partial charge in [0.1, 0.15) is 0 Å². The maximum Gasteiger partial charge on any atom is 0.266 e. The second kappa shape index (κ2) is 9.02. The molecule has 2 unspecified atom stereocenters. The van der Waals surface area contributed by atoms with Gasteiger partial charge in [-0.05, 0) is 50.6 Å². The molecular formula is C23H24ClN3O3S. The van der Waals surface area contributed by atoms with E-state index in [4.69, 9.17) is 21.3 Å². The molecule has 0 radical (unpaired) electrons. The Morgan fingerprint density at radius 3 is 2.61 bits per heavy atom. The molecule has 1 amide bonds. The lowest BCUT2D eigenvalue weighted by atomic mass is 10.2. The average molecular weight is 458 g/mol. The molecule has 1 aromatic heterocycles. The van der Waals surface area contributed by atoms with E-state index in [2.05, 4.69) is 0 Å². The van der Waals surface area contributed by atoms with Gasteiger partial charge in [-0.1, -0.05) is 41.6 Å². The Balaban J connectivity index is 1.72. The van der Waals surface area contributed by atoms with Gasteiger partial charge in [0.2, 0.25) is 5.91 Å². The maximum atomic E-state index is 13.4. The van der Waals surface area contributed by atoms with Gasteiger partial charge >= 0.3 is 0 Å². The number of halogens is 1. The molecule has 1 aliphatic heterocycles. The standard InChI is InChI=1S/C23H24ClN3O3S/c1-14-6-4-5-7-20(14)27-22(29)18-9-8-17(24)10-19(18)25-23(27)31-13-21(28)26-11-15(2)30-16(3)12-26/h4-10,15-16H,11-13H2,1-3H3. The van der Waals surface area contributed by atoms with Gasteiger partial charge in [0.05, 0.1) is 34.6 Å². The number of hydrogen-bond acceptors (Lipinski definition) is 5. The number of thioether (sulfide) groups is 1. The number of carbonyl (C=O) groups is 1. The van der Waals surface area contributed by atoms with Crippen LogP contribution in [0.15, 0.2) is 52.4 Å². The molecular weight excluding hydrogens is 434 g/mol. The molecule has 1 aliphatic rings. The Labute approximate surface area is 190 Å². The number of aryl methyl sites for hydroxylation is 1. The fraction of sp³-hybridized carbons (Fsp3) is 0.348. The van der Waals surface area contributed by atoms with Gasteiger partial charge < -0.3 is 9.64 Å². The van der Waals surface area contributed by atoms with Crippen LogP contribution in [0.5, 0.6) is 0 Å². The van der Waals surface area contributed by atoms with E-state index in [-0.39, 0.29) is 29.4 Å². The zero-order valence-electron chi connectivity index (χ0n) is 17.7. The number of fused-ring (bicyclic) bond motifs is 1. The number of ether oxygens (including phenoxy) is 1. The summed E-state index contributed by atoms with van der Waals surface area (Å²) in [5.74, 6) is 0.188. The Morgan fingerprint density at radius 2 is 1.90 bits per heavy atom. The minimum Gasteiger partial charge on any atom is -0.372 e. The quantitative estimate of drug-likeness (QED) is 0.436. The summed E-state index contributed by atoms with van der Waals surface area (Å²) in [6.07, 6.45) is 0.00701. The highest BCUT2D eigenvalue weighted by molar-refractivity contribution is 7.99. The lowest BCUT2D eigenvalue weighted by Gasteiger charge is -2.35. The molecule has 0 aliphatic carbocycles. The summed E-state index contributed by atoms with van der Waals surface area (Å²) in [6, 6.07) is 12.7. The van der Waals surface area contributed by atoms with Crippen molar-refractivity contribution in [2.75, 3.05) is 18.8 Å². The van der Waals surface area contributed by atoms with Gasteiger partial charge in [0, 0.05) is 18.1 Å². The molecule has 2 aromatic carbocycles. The van der Waals surface area contributed by atoms with E-state index < -0.39 is 0 Å². The first-order valence-electron chi connectivity index (χ1n) is 10.2. The third kappa shape index (κ3) is 4.63. The molecule has 0 spiro atoms. The van der Waals surface area contributed by atoms with Crippen LogP contribution in [0.25, 0.3) is 16.6 Å². The summed E-state index contributed by atoms with van der Waals surface area (Å²) in [5.41, 5.74) is 2.04. The van der Waals surface area contributed by atoms with Gasteiger partial charge in [-0.15, -0.1) is 0 Å². The third-order valence-electron chi connectivity index (χ3n) is 5.25. The molecule has 3 aromatic rings. The molecule has 2 atom stereocenters. The number of hydrogen-bond donors (Lipinski definition) is 0. The number of carbonyl (C=O) groups excluding carboxylic acids is 1. The smallest absolute Gasteiger partial charge is 0.266 e. The van der Waals surface area contributed by atoms with Gasteiger partial charge in [-0.3, -0.25) is 14.2 Å². The molecule has 8 heteroatoms. The molecule has 0 N–H and O–H groups in total. The van der Waals surface area contributed by atoms with E-state index in [1.165, 1.54) is 11.8 Å². The normalized spacial score (nSPS) is 19.0. The summed E-state index contributed by atoms with van der Waals surface area (Å²) in [6.45, 7) is 7.01. The van der Waals surface area contributed by atoms with Crippen molar-refractivity contribution >= 4 is 40.2 Å². The molecule has 0 bridgehead atoms. The van der Waals surface area contributed by atoms with Crippen molar-refractivity contribution in [3.63, 3.8) is 0 Å². The Hall–Kier alpha value is -2.35. The van der Waals surface area contributed by atoms with E-state index >= 15 is 0 Å². The molecule has 1 saturated heterocycles. The van der Waals surface area contributed by atoms with E-state index in [9.17, 15) is 9.59 Å². The van der Waals surface area contributed by atoms with Crippen LogP contribution in [0.2, 0.25) is 5.02 Å². The summed E-state index contributed by atoms with van der Waals surface area (Å²) >= 11 is 7.40. The van der Waals surface area contributed by atoms with Gasteiger partial charge in [-0.2, -0.15) is 0 Å². The lowest BCUT2D eigenvalue weighted by Crippen LogP contribution is -2.48. The molecule has 0 saturated carbocycles. The number of aromatic nitrogens is 2. The van der Waals surface area contributed by atoms with Crippen molar-refractivity contribution in [1.29, 1.82) is 0 Å². The summed E-state index contributed by atoms with van der Waals surface area (Å²) in [7, 11) is 0. The first-order valence-corrected chi connectivity index (χ1v) is 11.5. The number of amides is 1. The maximum absolute atomic E-state index is 13.4. The van der Waals surface area contributed by atoms with Crippen LogP contribution in [0, 0.1) is 6.92 Å². The van der Waals surface area contributed by atoms with Crippen molar-refractivity contribution in [3.05, 3.63) is 63.4 Å². The minimum absolute atomic E-state index is 0.00349. The number of morpholine rings is 1. The van der Waals surface area contributed by atoms with Gasteiger partial charge in [-0.25, -0.2) is 4.98 Å². The van der Waals surface area contributed by atoms with Crippen molar-refractivity contribution in [2.24, 2.45) is 0 Å². The second-order valence-corrected chi connectivity index (χ2v) is 9.21. The molecule has 2 heterocycles. The first-order chi connectivity index (χ1) is 14.8. The van der Waals surface area contributed by atoms with Crippen LogP contribution in [-0.4, -0.2) is 51.4 Å². The molecule has 4 rings (SSSR count). The molecule has 1 fully saturated rings. The highest BCUT2D eigenvalue weighted by atomic mass is 35.5. The molecule has 6 nitrogen and oxygen atoms in total. The van der Waals surface area contributed by atoms with Crippen LogP contribution >= 0.6 is 23.4 Å². The van der Waals surface area contributed by atoms with Crippen molar-refractivity contribution in [1.82, 2.24) is 14.5 Å². The van der Waals surface area contributed by atoms with Crippen LogP contribution in [-0.2, 0) is 9.53 Å². The number of benzene rings is 2. The van der Waals surface area contributed by atoms with Crippen LogP contribution < -0.4 is 5.56 Å².